The third-order valence-electron chi connectivity index (χ3n) is 4.61. The molecular weight excluding hydrogens is 292 g/mol. The molecule has 0 atom stereocenters. The number of hydrogen-bond donors (Lipinski definition) is 0. The molecule has 2 aromatic carbocycles. The number of fused-ring (bicyclic) bond motifs is 7. The Labute approximate surface area is 134 Å². The van der Waals surface area contributed by atoms with Gasteiger partial charge in [-0.15, -0.1) is 12.4 Å². The van der Waals surface area contributed by atoms with E-state index >= 15 is 0 Å². The molecule has 0 heterocycles. The zero-order valence-electron chi connectivity index (χ0n) is 11.8. The van der Waals surface area contributed by atoms with Crippen LogP contribution in [0, 0.1) is 0 Å². The lowest BCUT2D eigenvalue weighted by Crippen LogP contribution is -2.05. The predicted octanol–water partition coefficient (Wildman–Crippen LogP) is 4.75. The predicted molar refractivity (Wildman–Crippen MR) is 94.0 cm³/mol. The van der Waals surface area contributed by atoms with Crippen LogP contribution in [-0.2, 0) is 11.2 Å². The largest absolute Gasteiger partial charge is 0.294 e. The zero-order chi connectivity index (χ0) is 14.0. The molecule has 0 spiro atoms. The molecule has 0 aromatic heterocycles. The summed E-state index contributed by atoms with van der Waals surface area (Å²) in [4.78, 5) is 11.6. The molecule has 0 saturated heterocycles. The standard InChI is InChI=1S/C20H12O.ClH/c21-14-5-7-16-13(10-14)4-6-19-17(16)8-9-18-15-3-1-2-12(15)11-20(18)19;/h1-9,11H,10H2;1H. The van der Waals surface area contributed by atoms with Gasteiger partial charge in [0.15, 0.2) is 5.78 Å². The summed E-state index contributed by atoms with van der Waals surface area (Å²) in [5, 5.41) is 2.53. The van der Waals surface area contributed by atoms with Crippen molar-refractivity contribution < 1.29 is 4.79 Å². The average Bonchev–Trinajstić information content (AvgIpc) is 3.07. The summed E-state index contributed by atoms with van der Waals surface area (Å²) in [5.41, 5.74) is 7.61. The Kier molecular flexibility index (Phi) is 2.75. The lowest BCUT2D eigenvalue weighted by Gasteiger charge is -2.14. The molecule has 5 rings (SSSR count). The first-order valence-corrected chi connectivity index (χ1v) is 7.21. The van der Waals surface area contributed by atoms with E-state index in [0.717, 1.165) is 5.56 Å². The second-order valence-corrected chi connectivity index (χ2v) is 5.78. The van der Waals surface area contributed by atoms with E-state index in [4.69, 9.17) is 0 Å². The van der Waals surface area contributed by atoms with Gasteiger partial charge in [-0.3, -0.25) is 4.79 Å². The van der Waals surface area contributed by atoms with Gasteiger partial charge < -0.3 is 0 Å². The van der Waals surface area contributed by atoms with Crippen LogP contribution in [0.4, 0.5) is 0 Å². The maximum Gasteiger partial charge on any atom is 0.160 e. The molecule has 3 aliphatic rings. The van der Waals surface area contributed by atoms with Gasteiger partial charge in [0.2, 0.25) is 0 Å². The molecular formula is C20H13ClO. The number of carbonyl (C=O) groups excluding carboxylic acids is 1. The third-order valence-corrected chi connectivity index (χ3v) is 4.61. The normalized spacial score (nSPS) is 16.8. The summed E-state index contributed by atoms with van der Waals surface area (Å²) in [6.07, 6.45) is 12.9. The van der Waals surface area contributed by atoms with Crippen LogP contribution in [0.5, 0.6) is 0 Å². The topological polar surface area (TPSA) is 17.1 Å². The van der Waals surface area contributed by atoms with Gasteiger partial charge in [-0.1, -0.05) is 48.6 Å². The Bertz CT molecular complexity index is 971. The minimum absolute atomic E-state index is 0. The van der Waals surface area contributed by atoms with Crippen molar-refractivity contribution >= 4 is 46.7 Å². The van der Waals surface area contributed by atoms with E-state index < -0.39 is 0 Å². The number of carbonyl (C=O) groups is 1. The molecule has 2 aromatic rings. The summed E-state index contributed by atoms with van der Waals surface area (Å²) < 4.78 is 0. The number of rotatable bonds is 0. The minimum atomic E-state index is 0. The molecule has 0 unspecified atom stereocenters. The van der Waals surface area contributed by atoms with Crippen LogP contribution in [0.3, 0.4) is 0 Å². The van der Waals surface area contributed by atoms with Crippen LogP contribution in [0.25, 0.3) is 28.5 Å². The van der Waals surface area contributed by atoms with Crippen molar-refractivity contribution in [2.75, 3.05) is 0 Å². The van der Waals surface area contributed by atoms with Crippen molar-refractivity contribution in [3.63, 3.8) is 0 Å². The van der Waals surface area contributed by atoms with Crippen molar-refractivity contribution in [1.82, 2.24) is 0 Å². The smallest absolute Gasteiger partial charge is 0.160 e. The van der Waals surface area contributed by atoms with E-state index in [1.165, 1.54) is 38.6 Å². The van der Waals surface area contributed by atoms with Crippen LogP contribution in [-0.4, -0.2) is 5.78 Å². The Balaban J connectivity index is 0.00000125. The molecule has 0 aliphatic heterocycles. The summed E-state index contributed by atoms with van der Waals surface area (Å²) in [7, 11) is 0. The highest BCUT2D eigenvalue weighted by atomic mass is 35.5. The van der Waals surface area contributed by atoms with E-state index in [0.29, 0.717) is 6.42 Å². The van der Waals surface area contributed by atoms with Crippen molar-refractivity contribution in [2.45, 2.75) is 6.42 Å². The highest BCUT2D eigenvalue weighted by Gasteiger charge is 2.22. The highest BCUT2D eigenvalue weighted by Crippen LogP contribution is 2.43. The van der Waals surface area contributed by atoms with Crippen LogP contribution in [0.1, 0.15) is 22.3 Å². The Morgan fingerprint density at radius 2 is 1.68 bits per heavy atom. The minimum Gasteiger partial charge on any atom is -0.294 e. The van der Waals surface area contributed by atoms with Gasteiger partial charge in [-0.2, -0.15) is 0 Å². The van der Waals surface area contributed by atoms with E-state index in [-0.39, 0.29) is 18.2 Å². The fourth-order valence-electron chi connectivity index (χ4n) is 3.62. The average molecular weight is 305 g/mol. The first-order valence-electron chi connectivity index (χ1n) is 7.21. The lowest BCUT2D eigenvalue weighted by atomic mass is 9.89. The number of ketones is 1. The molecule has 106 valence electrons. The summed E-state index contributed by atoms with van der Waals surface area (Å²) >= 11 is 0. The van der Waals surface area contributed by atoms with E-state index in [2.05, 4.69) is 48.6 Å². The van der Waals surface area contributed by atoms with Gasteiger partial charge in [0.25, 0.3) is 0 Å². The molecule has 0 amide bonds. The van der Waals surface area contributed by atoms with Gasteiger partial charge in [0.1, 0.15) is 0 Å². The van der Waals surface area contributed by atoms with Crippen molar-refractivity contribution in [1.29, 1.82) is 0 Å². The third kappa shape index (κ3) is 1.63. The molecule has 0 N–H and O–H groups in total. The Morgan fingerprint density at radius 3 is 2.59 bits per heavy atom. The second kappa shape index (κ2) is 4.56. The molecule has 0 bridgehead atoms. The molecule has 0 radical (unpaired) electrons. The zero-order valence-corrected chi connectivity index (χ0v) is 12.6. The Hall–Kier alpha value is -2.38. The summed E-state index contributed by atoms with van der Waals surface area (Å²) in [6.45, 7) is 0. The van der Waals surface area contributed by atoms with Gasteiger partial charge in [0.05, 0.1) is 0 Å². The van der Waals surface area contributed by atoms with Crippen LogP contribution in [0.15, 0.2) is 54.1 Å². The SMILES string of the molecule is Cl.O=C1C=Cc2c(ccc3c4c(ccc23)C2=CC=CC2=C4)C1. The Morgan fingerprint density at radius 1 is 0.864 bits per heavy atom. The van der Waals surface area contributed by atoms with Gasteiger partial charge in [0, 0.05) is 6.42 Å². The van der Waals surface area contributed by atoms with Crippen molar-refractivity contribution in [2.24, 2.45) is 0 Å². The fraction of sp³-hybridized carbons (Fsp3) is 0.0500. The monoisotopic (exact) mass is 304 g/mol. The molecule has 0 fully saturated rings. The van der Waals surface area contributed by atoms with Crippen LogP contribution in [0.2, 0.25) is 0 Å². The lowest BCUT2D eigenvalue weighted by molar-refractivity contribution is -0.114. The van der Waals surface area contributed by atoms with E-state index in [1.807, 2.05) is 6.08 Å². The van der Waals surface area contributed by atoms with Gasteiger partial charge in [-0.05, 0) is 56.3 Å². The number of allylic oxidation sites excluding steroid dienone is 6. The maximum atomic E-state index is 11.6. The van der Waals surface area contributed by atoms with Gasteiger partial charge >= 0.3 is 0 Å². The number of hydrogen-bond acceptors (Lipinski definition) is 1. The first kappa shape index (κ1) is 13.3. The summed E-state index contributed by atoms with van der Waals surface area (Å²) in [5.74, 6) is 0.190. The van der Waals surface area contributed by atoms with E-state index in [1.54, 1.807) is 6.08 Å². The second-order valence-electron chi connectivity index (χ2n) is 5.78. The van der Waals surface area contributed by atoms with E-state index in [9.17, 15) is 4.79 Å². The van der Waals surface area contributed by atoms with Crippen LogP contribution >= 0.6 is 12.4 Å². The molecule has 22 heavy (non-hydrogen) atoms. The number of benzene rings is 2. The van der Waals surface area contributed by atoms with Gasteiger partial charge in [-0.25, -0.2) is 0 Å². The quantitative estimate of drug-likeness (QED) is 0.686. The number of halogens is 1. The van der Waals surface area contributed by atoms with Crippen LogP contribution < -0.4 is 0 Å². The van der Waals surface area contributed by atoms with Crippen molar-refractivity contribution in [3.8, 4) is 0 Å². The molecule has 3 aliphatic carbocycles. The fourth-order valence-corrected chi connectivity index (χ4v) is 3.62. The molecule has 0 saturated carbocycles. The first-order chi connectivity index (χ1) is 10.3. The highest BCUT2D eigenvalue weighted by molar-refractivity contribution is 6.10. The molecule has 1 nitrogen and oxygen atoms in total. The summed E-state index contributed by atoms with van der Waals surface area (Å²) in [6, 6.07) is 8.69. The van der Waals surface area contributed by atoms with Crippen molar-refractivity contribution in [3.05, 3.63) is 76.4 Å². The molecule has 2 heteroatoms. The maximum absolute atomic E-state index is 11.6.